The number of carbonyl (C=O) groups is 2. The molecule has 0 bridgehead atoms. The monoisotopic (exact) mass is 195 g/mol. The lowest BCUT2D eigenvalue weighted by molar-refractivity contribution is -0.127. The number of rotatable bonds is 5. The minimum absolute atomic E-state index is 0.0426. The second kappa shape index (κ2) is 5.16. The Morgan fingerprint density at radius 1 is 1.50 bits per heavy atom. The van der Waals surface area contributed by atoms with Crippen molar-refractivity contribution in [2.24, 2.45) is 0 Å². The number of Topliss-reactive ketones (excluding diaryl/α,β-unsaturated/α-hetero) is 1. The number of hydrogen-bond donors (Lipinski definition) is 1. The van der Waals surface area contributed by atoms with Crippen molar-refractivity contribution in [1.29, 1.82) is 0 Å². The Labute approximate surface area is 82.1 Å². The number of ketones is 1. The maximum Gasteiger partial charge on any atom is 0.227 e. The van der Waals surface area contributed by atoms with E-state index in [4.69, 9.17) is 0 Å². The van der Waals surface area contributed by atoms with Gasteiger partial charge in [-0.15, -0.1) is 0 Å². The van der Waals surface area contributed by atoms with Crippen LogP contribution in [-0.4, -0.2) is 28.0 Å². The van der Waals surface area contributed by atoms with Crippen molar-refractivity contribution in [2.45, 2.75) is 19.9 Å². The van der Waals surface area contributed by atoms with Crippen molar-refractivity contribution in [3.8, 4) is 0 Å². The van der Waals surface area contributed by atoms with Gasteiger partial charge in [0.25, 0.3) is 0 Å². The highest BCUT2D eigenvalue weighted by Gasteiger charge is 2.03. The van der Waals surface area contributed by atoms with Crippen LogP contribution < -0.4 is 5.32 Å². The summed E-state index contributed by atoms with van der Waals surface area (Å²) in [6, 6.07) is 1.82. The largest absolute Gasteiger partial charge is 0.354 e. The summed E-state index contributed by atoms with van der Waals surface area (Å²) in [6.45, 7) is 2.51. The smallest absolute Gasteiger partial charge is 0.227 e. The molecular weight excluding hydrogens is 182 g/mol. The fourth-order valence-electron chi connectivity index (χ4n) is 1.03. The first kappa shape index (κ1) is 10.4. The maximum absolute atomic E-state index is 11.0. The second-order valence-electron chi connectivity index (χ2n) is 3.00. The fraction of sp³-hybridized carbons (Fsp3) is 0.444. The molecule has 1 heterocycles. The van der Waals surface area contributed by atoms with Crippen LogP contribution in [-0.2, 0) is 16.1 Å². The van der Waals surface area contributed by atoms with E-state index in [1.165, 1.54) is 6.92 Å². The first-order valence-corrected chi connectivity index (χ1v) is 4.42. The van der Waals surface area contributed by atoms with Crippen molar-refractivity contribution in [1.82, 2.24) is 15.1 Å². The first-order valence-electron chi connectivity index (χ1n) is 4.42. The van der Waals surface area contributed by atoms with Crippen LogP contribution in [0.4, 0.5) is 0 Å². The zero-order valence-electron chi connectivity index (χ0n) is 8.06. The number of hydrogen-bond acceptors (Lipinski definition) is 3. The molecule has 0 aliphatic carbocycles. The Morgan fingerprint density at radius 3 is 2.86 bits per heavy atom. The topological polar surface area (TPSA) is 64.0 Å². The molecule has 0 aliphatic heterocycles. The molecule has 76 valence electrons. The van der Waals surface area contributed by atoms with Crippen LogP contribution >= 0.6 is 0 Å². The molecular formula is C9H13N3O2. The fourth-order valence-corrected chi connectivity index (χ4v) is 1.03. The molecule has 0 aromatic carbocycles. The van der Waals surface area contributed by atoms with Gasteiger partial charge in [0.2, 0.25) is 5.91 Å². The number of amides is 1. The third-order valence-corrected chi connectivity index (χ3v) is 1.63. The quantitative estimate of drug-likeness (QED) is 0.671. The van der Waals surface area contributed by atoms with E-state index in [0.29, 0.717) is 13.1 Å². The molecule has 1 N–H and O–H groups in total. The van der Waals surface area contributed by atoms with Gasteiger partial charge in [-0.2, -0.15) is 5.10 Å². The summed E-state index contributed by atoms with van der Waals surface area (Å²) in [5.74, 6) is -0.355. The highest BCUT2D eigenvalue weighted by atomic mass is 16.2. The van der Waals surface area contributed by atoms with Gasteiger partial charge in [0.1, 0.15) is 5.78 Å². The molecule has 1 rings (SSSR count). The lowest BCUT2D eigenvalue weighted by atomic mass is 10.3. The third-order valence-electron chi connectivity index (χ3n) is 1.63. The number of aromatic nitrogens is 2. The number of nitrogens with zero attached hydrogens (tertiary/aromatic N) is 2. The van der Waals surface area contributed by atoms with E-state index in [-0.39, 0.29) is 18.1 Å². The van der Waals surface area contributed by atoms with E-state index in [9.17, 15) is 9.59 Å². The zero-order valence-corrected chi connectivity index (χ0v) is 8.06. The molecule has 0 fully saturated rings. The van der Waals surface area contributed by atoms with Crippen molar-refractivity contribution < 1.29 is 9.59 Å². The highest BCUT2D eigenvalue weighted by Crippen LogP contribution is 1.84. The summed E-state index contributed by atoms with van der Waals surface area (Å²) >= 11 is 0. The van der Waals surface area contributed by atoms with E-state index in [0.717, 1.165) is 0 Å². The van der Waals surface area contributed by atoms with Crippen LogP contribution in [0.5, 0.6) is 0 Å². The predicted octanol–water partition coefficient (Wildman–Crippen LogP) is -0.0216. The first-order chi connectivity index (χ1) is 6.68. The van der Waals surface area contributed by atoms with Gasteiger partial charge < -0.3 is 5.32 Å². The maximum atomic E-state index is 11.0. The Hall–Kier alpha value is -1.65. The summed E-state index contributed by atoms with van der Waals surface area (Å²) in [5, 5.41) is 6.60. The van der Waals surface area contributed by atoms with Gasteiger partial charge in [0.05, 0.1) is 13.0 Å². The molecule has 0 unspecified atom stereocenters. The predicted molar refractivity (Wildman–Crippen MR) is 50.5 cm³/mol. The van der Waals surface area contributed by atoms with Gasteiger partial charge in [0, 0.05) is 18.9 Å². The average molecular weight is 195 g/mol. The normalized spacial score (nSPS) is 9.79. The lowest BCUT2D eigenvalue weighted by Gasteiger charge is -2.03. The van der Waals surface area contributed by atoms with Crippen LogP contribution in [0.2, 0.25) is 0 Å². The van der Waals surface area contributed by atoms with Gasteiger partial charge in [-0.05, 0) is 13.0 Å². The Bertz CT molecular complexity index is 306. The minimum atomic E-state index is -0.232. The van der Waals surface area contributed by atoms with Crippen LogP contribution in [0.25, 0.3) is 0 Å². The Morgan fingerprint density at radius 2 is 2.29 bits per heavy atom. The molecule has 14 heavy (non-hydrogen) atoms. The van der Waals surface area contributed by atoms with Crippen molar-refractivity contribution in [2.75, 3.05) is 6.54 Å². The van der Waals surface area contributed by atoms with Gasteiger partial charge >= 0.3 is 0 Å². The molecule has 0 aliphatic rings. The Kier molecular flexibility index (Phi) is 3.84. The average Bonchev–Trinajstić information content (AvgIpc) is 2.55. The molecule has 5 nitrogen and oxygen atoms in total. The third kappa shape index (κ3) is 3.84. The van der Waals surface area contributed by atoms with Crippen molar-refractivity contribution >= 4 is 11.7 Å². The van der Waals surface area contributed by atoms with E-state index < -0.39 is 0 Å². The van der Waals surface area contributed by atoms with Crippen LogP contribution in [0.1, 0.15) is 13.3 Å². The molecule has 1 aromatic heterocycles. The van der Waals surface area contributed by atoms with Crippen molar-refractivity contribution in [3.63, 3.8) is 0 Å². The van der Waals surface area contributed by atoms with E-state index in [1.807, 2.05) is 12.3 Å². The molecule has 0 radical (unpaired) electrons. The van der Waals surface area contributed by atoms with Gasteiger partial charge in [-0.25, -0.2) is 0 Å². The minimum Gasteiger partial charge on any atom is -0.354 e. The standard InChI is InChI=1S/C9H13N3O2/c1-8(13)7-9(14)10-4-6-12-5-2-3-11-12/h2-3,5H,4,6-7H2,1H3,(H,10,14). The molecule has 0 saturated heterocycles. The zero-order chi connectivity index (χ0) is 10.4. The van der Waals surface area contributed by atoms with E-state index in [1.54, 1.807) is 10.9 Å². The second-order valence-corrected chi connectivity index (χ2v) is 3.00. The van der Waals surface area contributed by atoms with E-state index in [2.05, 4.69) is 10.4 Å². The molecule has 1 aromatic rings. The molecule has 5 heteroatoms. The van der Waals surface area contributed by atoms with Gasteiger partial charge in [0.15, 0.2) is 0 Å². The van der Waals surface area contributed by atoms with Gasteiger partial charge in [-0.1, -0.05) is 0 Å². The summed E-state index contributed by atoms with van der Waals surface area (Å²) < 4.78 is 1.72. The summed E-state index contributed by atoms with van der Waals surface area (Å²) in [5.41, 5.74) is 0. The summed E-state index contributed by atoms with van der Waals surface area (Å²) in [7, 11) is 0. The van der Waals surface area contributed by atoms with Crippen molar-refractivity contribution in [3.05, 3.63) is 18.5 Å². The number of carbonyl (C=O) groups excluding carboxylic acids is 2. The van der Waals surface area contributed by atoms with E-state index >= 15 is 0 Å². The molecule has 0 spiro atoms. The van der Waals surface area contributed by atoms with Crippen LogP contribution in [0, 0.1) is 0 Å². The SMILES string of the molecule is CC(=O)CC(=O)NCCn1cccn1. The van der Waals surface area contributed by atoms with Gasteiger partial charge in [-0.3, -0.25) is 14.3 Å². The molecule has 1 amide bonds. The molecule has 0 atom stereocenters. The lowest BCUT2D eigenvalue weighted by Crippen LogP contribution is -2.28. The number of nitrogens with one attached hydrogen (secondary N) is 1. The molecule has 0 saturated carbocycles. The Balaban J connectivity index is 2.15. The van der Waals surface area contributed by atoms with Crippen LogP contribution in [0.3, 0.4) is 0 Å². The summed E-state index contributed by atoms with van der Waals surface area (Å²) in [4.78, 5) is 21.6. The summed E-state index contributed by atoms with van der Waals surface area (Å²) in [6.07, 6.45) is 3.45. The highest BCUT2D eigenvalue weighted by molar-refractivity contribution is 5.96. The van der Waals surface area contributed by atoms with Crippen LogP contribution in [0.15, 0.2) is 18.5 Å².